The summed E-state index contributed by atoms with van der Waals surface area (Å²) in [5.74, 6) is -1.06. The van der Waals surface area contributed by atoms with E-state index in [1.807, 2.05) is 30.3 Å². The third-order valence-electron chi connectivity index (χ3n) is 4.86. The molecule has 0 aliphatic heterocycles. The molecular formula is C19H24N6O5. The number of carboxylic acid groups (broad SMARTS) is 1. The maximum atomic E-state index is 12.2. The van der Waals surface area contributed by atoms with Crippen molar-refractivity contribution in [1.82, 2.24) is 25.6 Å². The first-order chi connectivity index (χ1) is 14.4. The summed E-state index contributed by atoms with van der Waals surface area (Å²) >= 11 is 0. The molecule has 11 heteroatoms. The highest BCUT2D eigenvalue weighted by molar-refractivity contribution is 5.72. The van der Waals surface area contributed by atoms with E-state index in [9.17, 15) is 19.5 Å². The number of carbonyl (C=O) groups excluding carboxylic acids is 2. The van der Waals surface area contributed by atoms with Crippen molar-refractivity contribution < 1.29 is 24.2 Å². The molecule has 3 rings (SSSR count). The summed E-state index contributed by atoms with van der Waals surface area (Å²) in [5.41, 5.74) is 5.66. The van der Waals surface area contributed by atoms with Crippen molar-refractivity contribution in [3.8, 4) is 0 Å². The van der Waals surface area contributed by atoms with Gasteiger partial charge in [-0.1, -0.05) is 35.5 Å². The van der Waals surface area contributed by atoms with E-state index in [0.717, 1.165) is 5.56 Å². The molecule has 1 aromatic carbocycles. The number of hydrogen-bond acceptors (Lipinski definition) is 6. The molecule has 1 aromatic heterocycles. The van der Waals surface area contributed by atoms with Crippen molar-refractivity contribution in [3.05, 3.63) is 47.8 Å². The number of carbonyl (C=O) groups is 3. The Bertz CT molecular complexity index is 896. The van der Waals surface area contributed by atoms with Crippen molar-refractivity contribution in [2.45, 2.75) is 43.9 Å². The van der Waals surface area contributed by atoms with Gasteiger partial charge in [0.2, 0.25) is 0 Å². The van der Waals surface area contributed by atoms with Crippen LogP contribution in [-0.4, -0.2) is 44.7 Å². The minimum Gasteiger partial charge on any atom is -0.480 e. The quantitative estimate of drug-likeness (QED) is 0.424. The van der Waals surface area contributed by atoms with Gasteiger partial charge in [0.25, 0.3) is 0 Å². The van der Waals surface area contributed by atoms with Crippen LogP contribution in [0.25, 0.3) is 0 Å². The topological polar surface area (TPSA) is 161 Å². The first-order valence-corrected chi connectivity index (χ1v) is 9.57. The van der Waals surface area contributed by atoms with Gasteiger partial charge in [-0.15, -0.1) is 5.10 Å². The molecule has 0 spiro atoms. The largest absolute Gasteiger partial charge is 0.480 e. The molecule has 0 bridgehead atoms. The first-order valence-electron chi connectivity index (χ1n) is 9.57. The van der Waals surface area contributed by atoms with Gasteiger partial charge < -0.3 is 26.2 Å². The minimum absolute atomic E-state index is 0.149. The minimum atomic E-state index is -1.06. The average Bonchev–Trinajstić information content (AvgIpc) is 3.32. The summed E-state index contributed by atoms with van der Waals surface area (Å²) in [7, 11) is 0. The Hall–Kier alpha value is -3.63. The lowest BCUT2D eigenvalue weighted by molar-refractivity contribution is -0.141. The molecule has 1 fully saturated rings. The summed E-state index contributed by atoms with van der Waals surface area (Å²) in [6, 6.07) is 7.71. The summed E-state index contributed by atoms with van der Waals surface area (Å²) in [6.45, 7) is 0.412. The van der Waals surface area contributed by atoms with E-state index >= 15 is 0 Å². The highest BCUT2D eigenvalue weighted by atomic mass is 16.5. The molecule has 1 heterocycles. The third-order valence-corrected chi connectivity index (χ3v) is 4.86. The number of benzene rings is 1. The number of carboxylic acids is 1. The van der Waals surface area contributed by atoms with Crippen molar-refractivity contribution >= 4 is 18.1 Å². The van der Waals surface area contributed by atoms with E-state index in [-0.39, 0.29) is 19.6 Å². The Morgan fingerprint density at radius 2 is 2.00 bits per heavy atom. The van der Waals surface area contributed by atoms with Gasteiger partial charge in [0.15, 0.2) is 6.04 Å². The molecule has 1 saturated carbocycles. The summed E-state index contributed by atoms with van der Waals surface area (Å²) in [4.78, 5) is 34.5. The number of rotatable bonds is 10. The third kappa shape index (κ3) is 5.46. The van der Waals surface area contributed by atoms with Gasteiger partial charge in [-0.3, -0.25) is 0 Å². The van der Waals surface area contributed by atoms with E-state index in [1.165, 1.54) is 10.9 Å². The lowest BCUT2D eigenvalue weighted by Gasteiger charge is -2.15. The maximum absolute atomic E-state index is 12.2. The number of nitrogens with one attached hydrogen (secondary N) is 2. The van der Waals surface area contributed by atoms with Crippen LogP contribution in [0.3, 0.4) is 0 Å². The van der Waals surface area contributed by atoms with Crippen LogP contribution in [0.4, 0.5) is 9.59 Å². The molecule has 2 aromatic rings. The predicted octanol–water partition coefficient (Wildman–Crippen LogP) is 1.27. The molecule has 5 N–H and O–H groups in total. The smallest absolute Gasteiger partial charge is 0.408 e. The highest BCUT2D eigenvalue weighted by Gasteiger charge is 2.49. The summed E-state index contributed by atoms with van der Waals surface area (Å²) in [6.07, 6.45) is 2.92. The SMILES string of the molecule is NC(=O)NCCC[C@@H](C(=O)O)n1cc(C2(NC(=O)OCc3ccccc3)CC2)nn1. The van der Waals surface area contributed by atoms with E-state index in [0.29, 0.717) is 25.0 Å². The fourth-order valence-electron chi connectivity index (χ4n) is 3.05. The second-order valence-corrected chi connectivity index (χ2v) is 7.14. The fraction of sp³-hybridized carbons (Fsp3) is 0.421. The highest BCUT2D eigenvalue weighted by Crippen LogP contribution is 2.44. The van der Waals surface area contributed by atoms with Crippen LogP contribution in [0.2, 0.25) is 0 Å². The Balaban J connectivity index is 1.57. The monoisotopic (exact) mass is 416 g/mol. The Morgan fingerprint density at radius 1 is 1.27 bits per heavy atom. The molecule has 1 atom stereocenters. The number of nitrogens with zero attached hydrogens (tertiary/aromatic N) is 3. The van der Waals surface area contributed by atoms with Gasteiger partial charge in [-0.2, -0.15) is 0 Å². The van der Waals surface area contributed by atoms with E-state index < -0.39 is 29.7 Å². The normalized spacial score (nSPS) is 15.1. The summed E-state index contributed by atoms with van der Waals surface area (Å²) in [5, 5.41) is 22.7. The number of aliphatic carboxylic acids is 1. The fourth-order valence-corrected chi connectivity index (χ4v) is 3.05. The second-order valence-electron chi connectivity index (χ2n) is 7.14. The van der Waals surface area contributed by atoms with Crippen LogP contribution in [0.1, 0.15) is 43.0 Å². The Labute approximate surface area is 172 Å². The lowest BCUT2D eigenvalue weighted by Crippen LogP contribution is -2.35. The van der Waals surface area contributed by atoms with Crippen LogP contribution >= 0.6 is 0 Å². The maximum Gasteiger partial charge on any atom is 0.408 e. The Morgan fingerprint density at radius 3 is 2.63 bits per heavy atom. The van der Waals surface area contributed by atoms with Gasteiger partial charge in [-0.25, -0.2) is 19.1 Å². The molecule has 3 amide bonds. The number of urea groups is 1. The zero-order valence-electron chi connectivity index (χ0n) is 16.3. The summed E-state index contributed by atoms with van der Waals surface area (Å²) < 4.78 is 6.52. The number of ether oxygens (including phenoxy) is 1. The predicted molar refractivity (Wildman–Crippen MR) is 104 cm³/mol. The average molecular weight is 416 g/mol. The van der Waals surface area contributed by atoms with Crippen LogP contribution in [0.5, 0.6) is 0 Å². The number of primary amides is 1. The zero-order valence-corrected chi connectivity index (χ0v) is 16.3. The van der Waals surface area contributed by atoms with Crippen molar-refractivity contribution in [2.75, 3.05) is 6.54 Å². The number of nitrogens with two attached hydrogens (primary N) is 1. The van der Waals surface area contributed by atoms with E-state index in [1.54, 1.807) is 0 Å². The van der Waals surface area contributed by atoms with E-state index in [4.69, 9.17) is 10.5 Å². The van der Waals surface area contributed by atoms with Gasteiger partial charge in [0.05, 0.1) is 11.7 Å². The number of amides is 3. The van der Waals surface area contributed by atoms with Gasteiger partial charge in [0.1, 0.15) is 12.3 Å². The van der Waals surface area contributed by atoms with Crippen LogP contribution in [-0.2, 0) is 21.7 Å². The van der Waals surface area contributed by atoms with Crippen LogP contribution in [0.15, 0.2) is 36.5 Å². The molecule has 11 nitrogen and oxygen atoms in total. The van der Waals surface area contributed by atoms with E-state index in [2.05, 4.69) is 20.9 Å². The molecule has 1 aliphatic rings. The molecule has 0 radical (unpaired) electrons. The van der Waals surface area contributed by atoms with Crippen LogP contribution in [0, 0.1) is 0 Å². The first kappa shape index (κ1) is 21.1. The Kier molecular flexibility index (Phi) is 6.50. The molecule has 0 unspecified atom stereocenters. The molecule has 1 aliphatic carbocycles. The number of aromatic nitrogens is 3. The standard InChI is InChI=1S/C19H24N6O5/c20-17(28)21-10-4-7-14(16(26)27)25-11-15(23-24-25)19(8-9-19)22-18(29)30-12-13-5-2-1-3-6-13/h1-3,5-6,11,14H,4,7-10,12H2,(H,22,29)(H,26,27)(H3,20,21,28)/t14-/m0/s1. The second kappa shape index (κ2) is 9.25. The lowest BCUT2D eigenvalue weighted by atomic mass is 10.1. The number of hydrogen-bond donors (Lipinski definition) is 4. The van der Waals surface area contributed by atoms with Crippen molar-refractivity contribution in [3.63, 3.8) is 0 Å². The van der Waals surface area contributed by atoms with Gasteiger partial charge in [-0.05, 0) is 31.2 Å². The van der Waals surface area contributed by atoms with Gasteiger partial charge in [0, 0.05) is 6.54 Å². The van der Waals surface area contributed by atoms with Crippen molar-refractivity contribution in [2.24, 2.45) is 5.73 Å². The van der Waals surface area contributed by atoms with Crippen molar-refractivity contribution in [1.29, 1.82) is 0 Å². The molecule has 160 valence electrons. The number of alkyl carbamates (subject to hydrolysis) is 1. The van der Waals surface area contributed by atoms with Crippen LogP contribution < -0.4 is 16.4 Å². The van der Waals surface area contributed by atoms with Gasteiger partial charge >= 0.3 is 18.1 Å². The molecular weight excluding hydrogens is 392 g/mol. The zero-order chi connectivity index (χ0) is 21.6. The molecule has 0 saturated heterocycles. The molecule has 30 heavy (non-hydrogen) atoms.